The Balaban J connectivity index is 2.11. The van der Waals surface area contributed by atoms with Gasteiger partial charge in [0, 0.05) is 31.8 Å². The van der Waals surface area contributed by atoms with Crippen molar-refractivity contribution in [2.75, 3.05) is 12.4 Å². The highest BCUT2D eigenvalue weighted by atomic mass is 19.4. The molecule has 0 bridgehead atoms. The Bertz CT molecular complexity index is 789. The topological polar surface area (TPSA) is 58.6 Å². The SMILES string of the molecule is CC(=O)N(C)Cc1ccccc1NC(=O)c1ccc(OC(F)(F)F)cc1. The van der Waals surface area contributed by atoms with E-state index in [0.717, 1.165) is 17.7 Å². The second kappa shape index (κ2) is 7.90. The van der Waals surface area contributed by atoms with Gasteiger partial charge in [-0.3, -0.25) is 9.59 Å². The monoisotopic (exact) mass is 366 g/mol. The fraction of sp³-hybridized carbons (Fsp3) is 0.222. The molecule has 0 unspecified atom stereocenters. The number of para-hydroxylation sites is 1. The second-order valence-electron chi connectivity index (χ2n) is 5.56. The molecule has 0 atom stereocenters. The number of amides is 2. The van der Waals surface area contributed by atoms with Crippen molar-refractivity contribution in [2.24, 2.45) is 0 Å². The Morgan fingerprint density at radius 2 is 1.69 bits per heavy atom. The molecule has 0 aliphatic heterocycles. The van der Waals surface area contributed by atoms with E-state index < -0.39 is 18.0 Å². The van der Waals surface area contributed by atoms with Crippen LogP contribution in [0.5, 0.6) is 5.75 Å². The molecule has 0 heterocycles. The van der Waals surface area contributed by atoms with Crippen LogP contribution in [-0.4, -0.2) is 30.1 Å². The lowest BCUT2D eigenvalue weighted by Crippen LogP contribution is -2.24. The van der Waals surface area contributed by atoms with E-state index in [-0.39, 0.29) is 11.5 Å². The highest BCUT2D eigenvalue weighted by molar-refractivity contribution is 6.04. The quantitative estimate of drug-likeness (QED) is 0.875. The van der Waals surface area contributed by atoms with Crippen LogP contribution in [0, 0.1) is 0 Å². The van der Waals surface area contributed by atoms with E-state index in [9.17, 15) is 22.8 Å². The van der Waals surface area contributed by atoms with Gasteiger partial charge in [-0.15, -0.1) is 13.2 Å². The lowest BCUT2D eigenvalue weighted by atomic mass is 10.1. The molecule has 0 aliphatic carbocycles. The maximum atomic E-state index is 12.3. The fourth-order valence-corrected chi connectivity index (χ4v) is 2.15. The van der Waals surface area contributed by atoms with E-state index in [1.165, 1.54) is 24.0 Å². The first-order chi connectivity index (χ1) is 12.2. The molecule has 26 heavy (non-hydrogen) atoms. The Labute approximate surface area is 148 Å². The number of carbonyl (C=O) groups is 2. The third-order valence-electron chi connectivity index (χ3n) is 3.56. The molecule has 0 saturated heterocycles. The normalized spacial score (nSPS) is 11.0. The summed E-state index contributed by atoms with van der Waals surface area (Å²) in [5, 5.41) is 2.70. The van der Waals surface area contributed by atoms with E-state index in [4.69, 9.17) is 0 Å². The standard InChI is InChI=1S/C18H17F3N2O3/c1-12(24)23(2)11-14-5-3-4-6-16(14)22-17(25)13-7-9-15(10-8-13)26-18(19,20)21/h3-10H,11H2,1-2H3,(H,22,25). The molecule has 2 amide bonds. The van der Waals surface area contributed by atoms with Crippen LogP contribution in [0.15, 0.2) is 48.5 Å². The molecule has 8 heteroatoms. The number of nitrogens with one attached hydrogen (secondary N) is 1. The van der Waals surface area contributed by atoms with Gasteiger partial charge in [0.25, 0.3) is 5.91 Å². The maximum Gasteiger partial charge on any atom is 0.573 e. The third-order valence-corrected chi connectivity index (χ3v) is 3.56. The minimum absolute atomic E-state index is 0.119. The minimum atomic E-state index is -4.79. The largest absolute Gasteiger partial charge is 0.573 e. The van der Waals surface area contributed by atoms with E-state index >= 15 is 0 Å². The van der Waals surface area contributed by atoms with Crippen LogP contribution in [0.4, 0.5) is 18.9 Å². The smallest absolute Gasteiger partial charge is 0.406 e. The average molecular weight is 366 g/mol. The van der Waals surface area contributed by atoms with Gasteiger partial charge >= 0.3 is 6.36 Å². The van der Waals surface area contributed by atoms with Crippen molar-refractivity contribution in [2.45, 2.75) is 19.8 Å². The number of halogens is 3. The van der Waals surface area contributed by atoms with Gasteiger partial charge in [0.05, 0.1) is 0 Å². The van der Waals surface area contributed by atoms with Gasteiger partial charge in [-0.05, 0) is 35.9 Å². The van der Waals surface area contributed by atoms with Crippen molar-refractivity contribution >= 4 is 17.5 Å². The number of rotatable bonds is 5. The van der Waals surface area contributed by atoms with Crippen molar-refractivity contribution in [3.63, 3.8) is 0 Å². The zero-order valence-corrected chi connectivity index (χ0v) is 14.1. The number of nitrogens with zero attached hydrogens (tertiary/aromatic N) is 1. The lowest BCUT2D eigenvalue weighted by Gasteiger charge is -2.18. The van der Waals surface area contributed by atoms with Crippen LogP contribution in [0.2, 0.25) is 0 Å². The first kappa shape index (κ1) is 19.3. The molecule has 2 aromatic carbocycles. The van der Waals surface area contributed by atoms with Crippen LogP contribution in [-0.2, 0) is 11.3 Å². The molecule has 138 valence electrons. The molecule has 0 saturated carbocycles. The van der Waals surface area contributed by atoms with Gasteiger partial charge in [0.2, 0.25) is 5.91 Å². The molecule has 0 spiro atoms. The molecular weight excluding hydrogens is 349 g/mol. The van der Waals surface area contributed by atoms with Crippen molar-refractivity contribution in [1.29, 1.82) is 0 Å². The maximum absolute atomic E-state index is 12.3. The van der Waals surface area contributed by atoms with Crippen LogP contribution in [0.25, 0.3) is 0 Å². The highest BCUT2D eigenvalue weighted by Crippen LogP contribution is 2.23. The number of carbonyl (C=O) groups excluding carboxylic acids is 2. The molecule has 1 N–H and O–H groups in total. The van der Waals surface area contributed by atoms with Crippen molar-refractivity contribution in [3.8, 4) is 5.75 Å². The molecule has 2 rings (SSSR count). The Morgan fingerprint density at radius 3 is 2.27 bits per heavy atom. The van der Waals surface area contributed by atoms with Gasteiger partial charge in [-0.2, -0.15) is 0 Å². The van der Waals surface area contributed by atoms with Gasteiger partial charge in [0.1, 0.15) is 5.75 Å². The van der Waals surface area contributed by atoms with Gasteiger partial charge in [0.15, 0.2) is 0 Å². The molecule has 0 aromatic heterocycles. The molecule has 5 nitrogen and oxygen atoms in total. The van der Waals surface area contributed by atoms with Crippen LogP contribution in [0.1, 0.15) is 22.8 Å². The molecule has 0 aliphatic rings. The summed E-state index contributed by atoms with van der Waals surface area (Å²) in [4.78, 5) is 25.2. The Hall–Kier alpha value is -3.03. The predicted octanol–water partition coefficient (Wildman–Crippen LogP) is 3.82. The van der Waals surface area contributed by atoms with Gasteiger partial charge < -0.3 is 15.0 Å². The summed E-state index contributed by atoms with van der Waals surface area (Å²) in [7, 11) is 1.64. The fourth-order valence-electron chi connectivity index (χ4n) is 2.15. The zero-order valence-electron chi connectivity index (χ0n) is 14.1. The first-order valence-corrected chi connectivity index (χ1v) is 7.62. The van der Waals surface area contributed by atoms with E-state index in [1.807, 2.05) is 0 Å². The number of anilines is 1. The summed E-state index contributed by atoms with van der Waals surface area (Å²) in [6.07, 6.45) is -4.79. The summed E-state index contributed by atoms with van der Waals surface area (Å²) in [6, 6.07) is 11.6. The third kappa shape index (κ3) is 5.51. The van der Waals surface area contributed by atoms with E-state index in [0.29, 0.717) is 12.2 Å². The van der Waals surface area contributed by atoms with Crippen LogP contribution in [0.3, 0.4) is 0 Å². The summed E-state index contributed by atoms with van der Waals surface area (Å²) in [5.41, 5.74) is 1.42. The van der Waals surface area contributed by atoms with Gasteiger partial charge in [-0.1, -0.05) is 18.2 Å². The summed E-state index contributed by atoms with van der Waals surface area (Å²) in [5.74, 6) is -1.01. The number of benzene rings is 2. The first-order valence-electron chi connectivity index (χ1n) is 7.62. The Kier molecular flexibility index (Phi) is 5.86. The highest BCUT2D eigenvalue weighted by Gasteiger charge is 2.31. The average Bonchev–Trinajstić information content (AvgIpc) is 2.55. The number of ether oxygens (including phenoxy) is 1. The minimum Gasteiger partial charge on any atom is -0.406 e. The lowest BCUT2D eigenvalue weighted by molar-refractivity contribution is -0.274. The van der Waals surface area contributed by atoms with Crippen molar-refractivity contribution < 1.29 is 27.5 Å². The number of hydrogen-bond donors (Lipinski definition) is 1. The predicted molar refractivity (Wildman–Crippen MR) is 89.7 cm³/mol. The second-order valence-corrected chi connectivity index (χ2v) is 5.56. The Morgan fingerprint density at radius 1 is 1.08 bits per heavy atom. The van der Waals surface area contributed by atoms with Crippen molar-refractivity contribution in [1.82, 2.24) is 4.90 Å². The summed E-state index contributed by atoms with van der Waals surface area (Å²) >= 11 is 0. The van der Waals surface area contributed by atoms with E-state index in [1.54, 1.807) is 31.3 Å². The summed E-state index contributed by atoms with van der Waals surface area (Å²) < 4.78 is 40.3. The number of alkyl halides is 3. The number of hydrogen-bond acceptors (Lipinski definition) is 3. The summed E-state index contributed by atoms with van der Waals surface area (Å²) in [6.45, 7) is 1.75. The molecular formula is C18H17F3N2O3. The zero-order chi connectivity index (χ0) is 19.3. The van der Waals surface area contributed by atoms with Crippen LogP contribution < -0.4 is 10.1 Å². The molecule has 0 fully saturated rings. The van der Waals surface area contributed by atoms with Crippen LogP contribution >= 0.6 is 0 Å². The molecule has 2 aromatic rings. The van der Waals surface area contributed by atoms with Crippen molar-refractivity contribution in [3.05, 3.63) is 59.7 Å². The van der Waals surface area contributed by atoms with E-state index in [2.05, 4.69) is 10.1 Å². The molecule has 0 radical (unpaired) electrons. The van der Waals surface area contributed by atoms with Gasteiger partial charge in [-0.25, -0.2) is 0 Å².